The van der Waals surface area contributed by atoms with Gasteiger partial charge in [0.1, 0.15) is 11.4 Å². The second-order valence-corrected chi connectivity index (χ2v) is 7.54. The van der Waals surface area contributed by atoms with Gasteiger partial charge in [0.2, 0.25) is 0 Å². The van der Waals surface area contributed by atoms with E-state index in [-0.39, 0.29) is 12.0 Å². The molecule has 2 aromatic rings. The molecule has 1 atom stereocenters. The molecule has 0 saturated heterocycles. The molecular weight excluding hydrogens is 326 g/mol. The zero-order chi connectivity index (χ0) is 19.3. The van der Waals surface area contributed by atoms with Gasteiger partial charge in [-0.1, -0.05) is 38.1 Å². The van der Waals surface area contributed by atoms with Gasteiger partial charge in [-0.15, -0.1) is 0 Å². The zero-order valence-corrected chi connectivity index (χ0v) is 16.8. The molecule has 0 aliphatic heterocycles. The molecule has 142 valence electrons. The number of anilines is 1. The normalized spacial score (nSPS) is 13.8. The van der Waals surface area contributed by atoms with Crippen molar-refractivity contribution in [3.63, 3.8) is 0 Å². The van der Waals surface area contributed by atoms with Crippen molar-refractivity contribution in [1.29, 1.82) is 0 Å². The monoisotopic (exact) mass is 357 g/mol. The second kappa shape index (κ2) is 8.54. The summed E-state index contributed by atoms with van der Waals surface area (Å²) in [5.74, 6) is 1.06. The lowest BCUT2D eigenvalue weighted by Gasteiger charge is -2.30. The molecule has 0 heterocycles. The Kier molecular flexibility index (Phi) is 6.65. The van der Waals surface area contributed by atoms with Crippen molar-refractivity contribution in [2.45, 2.75) is 59.7 Å². The van der Waals surface area contributed by atoms with Crippen molar-refractivity contribution in [2.24, 2.45) is 5.92 Å². The molecule has 0 fully saturated rings. The Morgan fingerprint density at radius 2 is 1.73 bits per heavy atom. The minimum Gasteiger partial charge on any atom is -0.490 e. The number of fused-ring (bicyclic) bond motifs is 1. The predicted octanol–water partition coefficient (Wildman–Crippen LogP) is 5.41. The number of hydrogen-bond donors (Lipinski definition) is 1. The van der Waals surface area contributed by atoms with E-state index in [1.54, 1.807) is 0 Å². The van der Waals surface area contributed by atoms with Crippen molar-refractivity contribution >= 4 is 22.4 Å². The van der Waals surface area contributed by atoms with Crippen LogP contribution in [0.25, 0.3) is 10.8 Å². The molecule has 0 spiro atoms. The Morgan fingerprint density at radius 3 is 2.31 bits per heavy atom. The summed E-state index contributed by atoms with van der Waals surface area (Å²) in [6.45, 7) is 12.5. The van der Waals surface area contributed by atoms with E-state index in [9.17, 15) is 4.79 Å². The highest BCUT2D eigenvalue weighted by Gasteiger charge is 2.35. The fraction of sp³-hybridized carbons (Fsp3) is 0.500. The van der Waals surface area contributed by atoms with Crippen molar-refractivity contribution in [1.82, 2.24) is 0 Å². The summed E-state index contributed by atoms with van der Waals surface area (Å²) < 4.78 is 11.7. The molecule has 1 N–H and O–H groups in total. The topological polar surface area (TPSA) is 47.6 Å². The van der Waals surface area contributed by atoms with Crippen LogP contribution in [0.3, 0.4) is 0 Å². The third-order valence-electron chi connectivity index (χ3n) is 4.24. The Bertz CT molecular complexity index is 754. The van der Waals surface area contributed by atoms with Crippen LogP contribution in [0.1, 0.15) is 48.0 Å². The first-order valence-electron chi connectivity index (χ1n) is 9.40. The van der Waals surface area contributed by atoms with E-state index in [1.165, 1.54) is 0 Å². The molecule has 0 aromatic heterocycles. The molecule has 0 bridgehead atoms. The summed E-state index contributed by atoms with van der Waals surface area (Å²) in [4.78, 5) is 13.0. The van der Waals surface area contributed by atoms with Crippen LogP contribution in [0.5, 0.6) is 5.75 Å². The van der Waals surface area contributed by atoms with Crippen LogP contribution >= 0.6 is 0 Å². The van der Waals surface area contributed by atoms with Gasteiger partial charge < -0.3 is 14.8 Å². The van der Waals surface area contributed by atoms with Gasteiger partial charge in [-0.2, -0.15) is 0 Å². The molecule has 1 unspecified atom stereocenters. The summed E-state index contributed by atoms with van der Waals surface area (Å²) in [6.07, 6.45) is 0.755. The fourth-order valence-corrected chi connectivity index (χ4v) is 3.31. The summed E-state index contributed by atoms with van der Waals surface area (Å²) >= 11 is 0. The molecule has 1 amide bonds. The highest BCUT2D eigenvalue weighted by Crippen LogP contribution is 2.33. The first-order chi connectivity index (χ1) is 12.3. The van der Waals surface area contributed by atoms with Gasteiger partial charge in [-0.25, -0.2) is 0 Å². The van der Waals surface area contributed by atoms with Crippen LogP contribution in [0.15, 0.2) is 36.4 Å². The molecule has 26 heavy (non-hydrogen) atoms. The van der Waals surface area contributed by atoms with E-state index in [2.05, 4.69) is 19.2 Å². The SMILES string of the molecule is CCOC(C)(CC(C)C)C(=O)Nc1ccc(OC(C)C)c2ccccc12. The predicted molar refractivity (Wildman–Crippen MR) is 108 cm³/mol. The van der Waals surface area contributed by atoms with Crippen molar-refractivity contribution < 1.29 is 14.3 Å². The van der Waals surface area contributed by atoms with Crippen LogP contribution in [-0.4, -0.2) is 24.2 Å². The number of rotatable bonds is 8. The zero-order valence-electron chi connectivity index (χ0n) is 16.8. The number of carbonyl (C=O) groups is 1. The number of nitrogens with one attached hydrogen (secondary N) is 1. The maximum atomic E-state index is 13.0. The van der Waals surface area contributed by atoms with Gasteiger partial charge in [0.05, 0.1) is 6.10 Å². The van der Waals surface area contributed by atoms with Gasteiger partial charge in [-0.05, 0) is 52.2 Å². The Morgan fingerprint density at radius 1 is 1.08 bits per heavy atom. The average Bonchev–Trinajstić information content (AvgIpc) is 2.56. The van der Waals surface area contributed by atoms with Crippen molar-refractivity contribution in [3.05, 3.63) is 36.4 Å². The van der Waals surface area contributed by atoms with E-state index in [1.807, 2.05) is 64.1 Å². The molecular formula is C22H31NO3. The molecule has 4 nitrogen and oxygen atoms in total. The Hall–Kier alpha value is -2.07. The van der Waals surface area contributed by atoms with E-state index < -0.39 is 5.60 Å². The third kappa shape index (κ3) is 4.76. The molecule has 0 saturated carbocycles. The first-order valence-corrected chi connectivity index (χ1v) is 9.40. The van der Waals surface area contributed by atoms with Gasteiger partial charge in [0, 0.05) is 23.1 Å². The Labute approximate surface area is 156 Å². The standard InChI is InChI=1S/C22H31NO3/c1-7-25-22(6,14-15(2)3)21(24)23-19-12-13-20(26-16(4)5)18-11-9-8-10-17(18)19/h8-13,15-16H,7,14H2,1-6H3,(H,23,24). The summed E-state index contributed by atoms with van der Waals surface area (Å²) in [7, 11) is 0. The fourth-order valence-electron chi connectivity index (χ4n) is 3.31. The lowest BCUT2D eigenvalue weighted by atomic mass is 9.92. The lowest BCUT2D eigenvalue weighted by Crippen LogP contribution is -2.44. The van der Waals surface area contributed by atoms with Crippen LogP contribution < -0.4 is 10.1 Å². The van der Waals surface area contributed by atoms with Gasteiger partial charge in [-0.3, -0.25) is 4.79 Å². The Balaban J connectivity index is 2.37. The van der Waals surface area contributed by atoms with Gasteiger partial charge in [0.25, 0.3) is 5.91 Å². The summed E-state index contributed by atoms with van der Waals surface area (Å²) in [6, 6.07) is 11.8. The van der Waals surface area contributed by atoms with Gasteiger partial charge >= 0.3 is 0 Å². The highest BCUT2D eigenvalue weighted by atomic mass is 16.5. The van der Waals surface area contributed by atoms with E-state index >= 15 is 0 Å². The maximum absolute atomic E-state index is 13.0. The quantitative estimate of drug-likeness (QED) is 0.687. The van der Waals surface area contributed by atoms with E-state index in [0.717, 1.165) is 22.2 Å². The van der Waals surface area contributed by atoms with Gasteiger partial charge in [0.15, 0.2) is 0 Å². The highest BCUT2D eigenvalue weighted by molar-refractivity contribution is 6.06. The largest absolute Gasteiger partial charge is 0.490 e. The van der Waals surface area contributed by atoms with Crippen molar-refractivity contribution in [2.75, 3.05) is 11.9 Å². The van der Waals surface area contributed by atoms with Crippen LogP contribution in [0.4, 0.5) is 5.69 Å². The molecule has 0 aliphatic carbocycles. The first kappa shape index (κ1) is 20.2. The van der Waals surface area contributed by atoms with E-state index in [0.29, 0.717) is 18.9 Å². The van der Waals surface area contributed by atoms with E-state index in [4.69, 9.17) is 9.47 Å². The second-order valence-electron chi connectivity index (χ2n) is 7.54. The van der Waals surface area contributed by atoms with Crippen molar-refractivity contribution in [3.8, 4) is 5.75 Å². The molecule has 2 rings (SSSR count). The molecule has 4 heteroatoms. The smallest absolute Gasteiger partial charge is 0.256 e. The minimum absolute atomic E-state index is 0.0890. The number of amides is 1. The lowest BCUT2D eigenvalue weighted by molar-refractivity contribution is -0.140. The number of hydrogen-bond acceptors (Lipinski definition) is 3. The molecule has 2 aromatic carbocycles. The van der Waals surface area contributed by atoms with Crippen LogP contribution in [0.2, 0.25) is 0 Å². The summed E-state index contributed by atoms with van der Waals surface area (Å²) in [5, 5.41) is 5.02. The molecule has 0 radical (unpaired) electrons. The van der Waals surface area contributed by atoms with Crippen LogP contribution in [0, 0.1) is 5.92 Å². The maximum Gasteiger partial charge on any atom is 0.256 e. The third-order valence-corrected chi connectivity index (χ3v) is 4.24. The minimum atomic E-state index is -0.850. The molecule has 0 aliphatic rings. The average molecular weight is 357 g/mol. The number of ether oxygens (including phenoxy) is 2. The van der Waals surface area contributed by atoms with Crippen LogP contribution in [-0.2, 0) is 9.53 Å². The number of carbonyl (C=O) groups excluding carboxylic acids is 1. The number of benzene rings is 2. The summed E-state index contributed by atoms with van der Waals surface area (Å²) in [5.41, 5.74) is -0.0756.